The molecule has 0 aromatic heterocycles. The van der Waals surface area contributed by atoms with Gasteiger partial charge >= 0.3 is 0 Å². The molecule has 4 nitrogen and oxygen atoms in total. The van der Waals surface area contributed by atoms with E-state index in [2.05, 4.69) is 142 Å². The van der Waals surface area contributed by atoms with Crippen LogP contribution < -0.4 is 0 Å². The van der Waals surface area contributed by atoms with Gasteiger partial charge in [0.2, 0.25) is 0 Å². The number of hydrogen-bond acceptors (Lipinski definition) is 4. The highest BCUT2D eigenvalue weighted by atomic mass is 16.3. The van der Waals surface area contributed by atoms with Gasteiger partial charge in [0.05, 0.1) is 0 Å². The van der Waals surface area contributed by atoms with Gasteiger partial charge in [-0.1, -0.05) is 121 Å². The molecule has 4 rings (SSSR count). The van der Waals surface area contributed by atoms with Crippen LogP contribution in [0.3, 0.4) is 0 Å². The van der Waals surface area contributed by atoms with E-state index in [1.807, 2.05) is 24.3 Å². The zero-order chi connectivity index (χ0) is 41.4. The Bertz CT molecular complexity index is 1970. The quantitative estimate of drug-likeness (QED) is 0.0967. The topological polar surface area (TPSA) is 80.9 Å². The number of rotatable bonds is 14. The predicted octanol–water partition coefficient (Wildman–Crippen LogP) is 13.9. The summed E-state index contributed by atoms with van der Waals surface area (Å²) in [4.78, 5) is 0. The Kier molecular flexibility index (Phi) is 17.8. The van der Waals surface area contributed by atoms with Gasteiger partial charge in [-0.3, -0.25) is 0 Å². The first-order chi connectivity index (χ1) is 26.5. The summed E-state index contributed by atoms with van der Waals surface area (Å²) < 4.78 is 0. The zero-order valence-corrected chi connectivity index (χ0v) is 35.3. The lowest BCUT2D eigenvalue weighted by Crippen LogP contribution is -1.97. The Morgan fingerprint density at radius 1 is 0.429 bits per heavy atom. The molecular formula is C52H64O4. The Balaban J connectivity index is 0.000000300. The van der Waals surface area contributed by atoms with E-state index < -0.39 is 0 Å². The van der Waals surface area contributed by atoms with Crippen LogP contribution in [0.1, 0.15) is 126 Å². The third-order valence-electron chi connectivity index (χ3n) is 9.49. The molecule has 4 aromatic rings. The summed E-state index contributed by atoms with van der Waals surface area (Å²) in [6, 6.07) is 22.9. The van der Waals surface area contributed by atoms with Crippen LogP contribution >= 0.6 is 0 Å². The fourth-order valence-corrected chi connectivity index (χ4v) is 5.91. The van der Waals surface area contributed by atoms with E-state index in [4.69, 9.17) is 0 Å². The minimum Gasteiger partial charge on any atom is -0.508 e. The summed E-state index contributed by atoms with van der Waals surface area (Å²) in [5.74, 6) is 1.82. The minimum atomic E-state index is 0.213. The van der Waals surface area contributed by atoms with E-state index >= 15 is 0 Å². The van der Waals surface area contributed by atoms with Crippen LogP contribution in [0.5, 0.6) is 23.0 Å². The van der Waals surface area contributed by atoms with E-state index in [9.17, 15) is 20.4 Å². The van der Waals surface area contributed by atoms with Crippen LogP contribution in [0.25, 0.3) is 12.2 Å². The molecular weight excluding hydrogens is 689 g/mol. The molecule has 0 bridgehead atoms. The number of aromatic hydroxyl groups is 4. The Labute approximate surface area is 337 Å². The van der Waals surface area contributed by atoms with Crippen LogP contribution in [0.15, 0.2) is 132 Å². The monoisotopic (exact) mass is 752 g/mol. The number of allylic oxidation sites excluding steroid dienone is 10. The smallest absolute Gasteiger partial charge is 0.122 e. The molecule has 4 aromatic carbocycles. The number of hydrogen-bond donors (Lipinski definition) is 4. The largest absolute Gasteiger partial charge is 0.508 e. The van der Waals surface area contributed by atoms with E-state index in [-0.39, 0.29) is 23.3 Å². The second-order valence-corrected chi connectivity index (χ2v) is 15.8. The minimum absolute atomic E-state index is 0.213. The molecule has 0 saturated heterocycles. The van der Waals surface area contributed by atoms with E-state index in [1.54, 1.807) is 24.3 Å². The Morgan fingerprint density at radius 3 is 1.12 bits per heavy atom. The molecule has 0 aliphatic rings. The van der Waals surface area contributed by atoms with Crippen molar-refractivity contribution in [2.45, 2.75) is 107 Å². The first-order valence-corrected chi connectivity index (χ1v) is 19.7. The highest BCUT2D eigenvalue weighted by molar-refractivity contribution is 5.58. The number of phenols is 4. The standard InChI is InChI=1S/2C26H32O2/c1-18(2)6-12-22-16-24(17-23(26(22)28)13-7-19(3)4)20(5)8-9-21-10-14-25(27)15-11-21;1-18(2)6-10-23-16-21(17-24(26(23)28)11-7-19(3)4)9-8-20(5)22-12-14-25(27)15-13-22/h6-11,14-17,20,27-28H,12-13H2,1-5H3;6-9,12-17,20,27-28H,10-11H2,1-5H3/b2*9-8+. The van der Waals surface area contributed by atoms with Crippen molar-refractivity contribution in [3.63, 3.8) is 0 Å². The molecule has 0 fully saturated rings. The van der Waals surface area contributed by atoms with Gasteiger partial charge in [0, 0.05) is 0 Å². The molecule has 0 aliphatic heterocycles. The van der Waals surface area contributed by atoms with Crippen LogP contribution in [0.4, 0.5) is 0 Å². The summed E-state index contributed by atoms with van der Waals surface area (Å²) in [5.41, 5.74) is 13.3. The first-order valence-electron chi connectivity index (χ1n) is 19.7. The number of benzene rings is 4. The maximum absolute atomic E-state index is 10.8. The highest BCUT2D eigenvalue weighted by Gasteiger charge is 2.13. The zero-order valence-electron chi connectivity index (χ0n) is 35.3. The van der Waals surface area contributed by atoms with E-state index in [0.717, 1.165) is 64.6 Å². The average molecular weight is 753 g/mol. The third-order valence-corrected chi connectivity index (χ3v) is 9.49. The van der Waals surface area contributed by atoms with Gasteiger partial charge in [-0.15, -0.1) is 0 Å². The predicted molar refractivity (Wildman–Crippen MR) is 240 cm³/mol. The summed E-state index contributed by atoms with van der Waals surface area (Å²) in [6.45, 7) is 20.9. The lowest BCUT2D eigenvalue weighted by atomic mass is 9.92. The first kappa shape index (κ1) is 44.9. The van der Waals surface area contributed by atoms with Crippen molar-refractivity contribution in [1.82, 2.24) is 0 Å². The summed E-state index contributed by atoms with van der Waals surface area (Å²) in [6.07, 6.45) is 20.0. The van der Waals surface area contributed by atoms with Gasteiger partial charge < -0.3 is 20.4 Å². The molecule has 4 heteroatoms. The van der Waals surface area contributed by atoms with Crippen LogP contribution in [-0.4, -0.2) is 20.4 Å². The molecule has 0 saturated carbocycles. The van der Waals surface area contributed by atoms with Crippen molar-refractivity contribution < 1.29 is 20.4 Å². The molecule has 296 valence electrons. The highest BCUT2D eigenvalue weighted by Crippen LogP contribution is 2.32. The van der Waals surface area contributed by atoms with Gasteiger partial charge in [0.1, 0.15) is 23.0 Å². The SMILES string of the molecule is CC(C)=CCc1cc(/C=C/C(C)c2ccc(O)cc2)cc(CC=C(C)C)c1O.CC(C)=CCc1cc(C(C)/C=C/c2ccc(O)cc2)cc(CC=C(C)C)c1O. The fourth-order valence-electron chi connectivity index (χ4n) is 5.91. The molecule has 0 radical (unpaired) electrons. The van der Waals surface area contributed by atoms with E-state index in [0.29, 0.717) is 11.5 Å². The summed E-state index contributed by atoms with van der Waals surface area (Å²) in [7, 11) is 0. The van der Waals surface area contributed by atoms with Crippen molar-refractivity contribution in [1.29, 1.82) is 0 Å². The van der Waals surface area contributed by atoms with Crippen LogP contribution in [0.2, 0.25) is 0 Å². The molecule has 0 amide bonds. The van der Waals surface area contributed by atoms with Crippen molar-refractivity contribution in [2.24, 2.45) is 0 Å². The summed E-state index contributed by atoms with van der Waals surface area (Å²) in [5, 5.41) is 40.4. The Hall–Kier alpha value is -5.48. The maximum atomic E-state index is 10.8. The van der Waals surface area contributed by atoms with Crippen LogP contribution in [0, 0.1) is 0 Å². The molecule has 2 unspecified atom stereocenters. The van der Waals surface area contributed by atoms with Gasteiger partial charge in [-0.25, -0.2) is 0 Å². The normalized spacial score (nSPS) is 12.0. The Morgan fingerprint density at radius 2 is 0.750 bits per heavy atom. The van der Waals surface area contributed by atoms with Crippen molar-refractivity contribution >= 4 is 12.2 Å². The molecule has 4 N–H and O–H groups in total. The average Bonchev–Trinajstić information content (AvgIpc) is 3.15. The fraction of sp³-hybridized carbons (Fsp3) is 0.308. The summed E-state index contributed by atoms with van der Waals surface area (Å²) >= 11 is 0. The van der Waals surface area contributed by atoms with Gasteiger partial charge in [-0.2, -0.15) is 0 Å². The van der Waals surface area contributed by atoms with E-state index in [1.165, 1.54) is 27.9 Å². The van der Waals surface area contributed by atoms with Crippen molar-refractivity contribution in [3.05, 3.63) is 176 Å². The number of phenolic OH excluding ortho intramolecular Hbond substituents is 4. The maximum Gasteiger partial charge on any atom is 0.122 e. The van der Waals surface area contributed by atoms with Crippen molar-refractivity contribution in [2.75, 3.05) is 0 Å². The molecule has 0 heterocycles. The molecule has 0 spiro atoms. The second-order valence-electron chi connectivity index (χ2n) is 15.8. The van der Waals surface area contributed by atoms with Crippen LogP contribution in [-0.2, 0) is 25.7 Å². The van der Waals surface area contributed by atoms with Gasteiger partial charge in [-0.05, 0) is 174 Å². The molecule has 0 aliphatic carbocycles. The lowest BCUT2D eigenvalue weighted by Gasteiger charge is -2.15. The molecule has 56 heavy (non-hydrogen) atoms. The second kappa shape index (κ2) is 22.2. The van der Waals surface area contributed by atoms with Gasteiger partial charge in [0.15, 0.2) is 0 Å². The lowest BCUT2D eigenvalue weighted by molar-refractivity contribution is 0.463. The molecule has 2 atom stereocenters. The van der Waals surface area contributed by atoms with Crippen molar-refractivity contribution in [3.8, 4) is 23.0 Å². The third kappa shape index (κ3) is 15.3. The van der Waals surface area contributed by atoms with Gasteiger partial charge in [0.25, 0.3) is 0 Å².